The van der Waals surface area contributed by atoms with E-state index in [1.54, 1.807) is 30.0 Å². The molecule has 3 rings (SSSR count). The number of aliphatic hydroxyl groups excluding tert-OH is 1. The van der Waals surface area contributed by atoms with Gasteiger partial charge >= 0.3 is 5.97 Å². The zero-order valence-electron chi connectivity index (χ0n) is 18.3. The summed E-state index contributed by atoms with van der Waals surface area (Å²) in [4.78, 5) is 25.6. The van der Waals surface area contributed by atoms with Crippen molar-refractivity contribution in [3.8, 4) is 5.69 Å². The van der Waals surface area contributed by atoms with Gasteiger partial charge in [-0.15, -0.1) is 0 Å². The van der Waals surface area contributed by atoms with Gasteiger partial charge in [-0.2, -0.15) is 5.10 Å². The largest absolute Gasteiger partial charge is 0.481 e. The smallest absolute Gasteiger partial charge is 0.310 e. The molecule has 33 heavy (non-hydrogen) atoms. The van der Waals surface area contributed by atoms with Crippen LogP contribution in [0.1, 0.15) is 31.2 Å². The van der Waals surface area contributed by atoms with Gasteiger partial charge in [-0.05, 0) is 61.5 Å². The van der Waals surface area contributed by atoms with Crippen LogP contribution in [0.25, 0.3) is 5.69 Å². The number of nitrogens with one attached hydrogen (secondary N) is 2. The molecule has 10 heteroatoms. The molecule has 2 aromatic carbocycles. The summed E-state index contributed by atoms with van der Waals surface area (Å²) in [6.45, 7) is 2.61. The molecule has 0 spiro atoms. The standard InChI is InChI=1S/C23H27N5O4S/c1-16(22(31)32)17-7-9-19(10-8-17)27(12-13-29)11-3-6-21(30)25-18-4-2-5-20(14-18)28-15-24-26-23(28)33/h2,4-5,7-10,14-16,29H,3,6,11-13H2,1H3,(H,25,30)(H,26,33)(H,31,32). The van der Waals surface area contributed by atoms with Gasteiger partial charge in [0.2, 0.25) is 5.91 Å². The molecule has 0 aliphatic carbocycles. The summed E-state index contributed by atoms with van der Waals surface area (Å²) >= 11 is 5.18. The van der Waals surface area contributed by atoms with Crippen molar-refractivity contribution in [1.29, 1.82) is 0 Å². The molecule has 0 radical (unpaired) electrons. The van der Waals surface area contributed by atoms with Crippen LogP contribution in [-0.2, 0) is 9.59 Å². The minimum absolute atomic E-state index is 0.0250. The third-order valence-corrected chi connectivity index (χ3v) is 5.58. The van der Waals surface area contributed by atoms with Gasteiger partial charge in [0.25, 0.3) is 0 Å². The lowest BCUT2D eigenvalue weighted by atomic mass is 10.0. The Morgan fingerprint density at radius 1 is 1.21 bits per heavy atom. The number of aliphatic carboxylic acids is 1. The number of carbonyl (C=O) groups is 2. The molecule has 0 aliphatic heterocycles. The summed E-state index contributed by atoms with van der Waals surface area (Å²) in [5.41, 5.74) is 3.04. The highest BCUT2D eigenvalue weighted by atomic mass is 32.1. The molecule has 4 N–H and O–H groups in total. The zero-order chi connectivity index (χ0) is 23.8. The fourth-order valence-corrected chi connectivity index (χ4v) is 3.63. The highest BCUT2D eigenvalue weighted by Gasteiger charge is 2.14. The van der Waals surface area contributed by atoms with Crippen LogP contribution in [0.4, 0.5) is 11.4 Å². The molecule has 9 nitrogen and oxygen atoms in total. The van der Waals surface area contributed by atoms with Crippen LogP contribution >= 0.6 is 12.2 Å². The predicted molar refractivity (Wildman–Crippen MR) is 128 cm³/mol. The van der Waals surface area contributed by atoms with Crippen LogP contribution in [0, 0.1) is 4.77 Å². The van der Waals surface area contributed by atoms with Gasteiger partial charge in [0, 0.05) is 30.9 Å². The number of aliphatic hydroxyl groups is 1. The van der Waals surface area contributed by atoms with E-state index in [9.17, 15) is 14.7 Å². The van der Waals surface area contributed by atoms with Crippen LogP contribution in [0.3, 0.4) is 0 Å². The first-order chi connectivity index (χ1) is 15.9. The summed E-state index contributed by atoms with van der Waals surface area (Å²) in [6, 6.07) is 14.6. The normalized spacial score (nSPS) is 11.7. The number of H-pyrrole nitrogens is 1. The van der Waals surface area contributed by atoms with Crippen LogP contribution in [0.5, 0.6) is 0 Å². The summed E-state index contributed by atoms with van der Waals surface area (Å²) < 4.78 is 2.17. The van der Waals surface area contributed by atoms with Gasteiger partial charge < -0.3 is 20.4 Å². The Kier molecular flexibility index (Phi) is 8.34. The predicted octanol–water partition coefficient (Wildman–Crippen LogP) is 3.34. The van der Waals surface area contributed by atoms with E-state index < -0.39 is 11.9 Å². The number of rotatable bonds is 11. The summed E-state index contributed by atoms with van der Waals surface area (Å²) in [5.74, 6) is -1.57. The maximum absolute atomic E-state index is 12.5. The number of hydrogen-bond donors (Lipinski definition) is 4. The van der Waals surface area contributed by atoms with Crippen molar-refractivity contribution in [2.24, 2.45) is 0 Å². The maximum atomic E-state index is 12.5. The van der Waals surface area contributed by atoms with E-state index in [-0.39, 0.29) is 12.5 Å². The number of anilines is 2. The zero-order valence-corrected chi connectivity index (χ0v) is 19.1. The van der Waals surface area contributed by atoms with E-state index in [1.807, 2.05) is 41.3 Å². The van der Waals surface area contributed by atoms with Gasteiger partial charge in [0.05, 0.1) is 18.2 Å². The first-order valence-corrected chi connectivity index (χ1v) is 11.0. The molecule has 1 unspecified atom stereocenters. The van der Waals surface area contributed by atoms with Crippen molar-refractivity contribution in [2.45, 2.75) is 25.7 Å². The summed E-state index contributed by atoms with van der Waals surface area (Å²) in [5, 5.41) is 28.1. The van der Waals surface area contributed by atoms with Crippen molar-refractivity contribution in [1.82, 2.24) is 14.8 Å². The number of benzene rings is 2. The quantitative estimate of drug-likeness (QED) is 0.318. The van der Waals surface area contributed by atoms with Crippen LogP contribution in [-0.4, -0.2) is 56.6 Å². The molecule has 174 valence electrons. The Balaban J connectivity index is 1.55. The molecular weight excluding hydrogens is 442 g/mol. The highest BCUT2D eigenvalue weighted by Crippen LogP contribution is 2.21. The molecule has 0 saturated carbocycles. The van der Waals surface area contributed by atoms with E-state index in [1.165, 1.54) is 0 Å². The second-order valence-electron chi connectivity index (χ2n) is 7.60. The Morgan fingerprint density at radius 2 is 1.97 bits per heavy atom. The Bertz CT molecular complexity index is 1140. The fourth-order valence-electron chi connectivity index (χ4n) is 3.43. The number of carboxylic acids is 1. The molecule has 0 saturated heterocycles. The van der Waals surface area contributed by atoms with Gasteiger partial charge in [-0.1, -0.05) is 18.2 Å². The van der Waals surface area contributed by atoms with Crippen molar-refractivity contribution in [2.75, 3.05) is 29.9 Å². The van der Waals surface area contributed by atoms with Crippen molar-refractivity contribution in [3.05, 3.63) is 65.2 Å². The second kappa shape index (κ2) is 11.4. The average Bonchev–Trinajstić information content (AvgIpc) is 3.24. The SMILES string of the molecule is CC(C(=O)O)c1ccc(N(CCO)CCCC(=O)Nc2cccc(-n3cn[nH]c3=S)c2)cc1. The number of carboxylic acid groups (broad SMARTS) is 1. The third-order valence-electron chi connectivity index (χ3n) is 5.29. The van der Waals surface area contributed by atoms with Gasteiger partial charge in [0.1, 0.15) is 6.33 Å². The monoisotopic (exact) mass is 469 g/mol. The minimum atomic E-state index is -0.876. The minimum Gasteiger partial charge on any atom is -0.481 e. The number of amides is 1. The molecule has 0 aliphatic rings. The lowest BCUT2D eigenvalue weighted by Gasteiger charge is -2.24. The number of nitrogens with zero attached hydrogens (tertiary/aromatic N) is 3. The molecule has 1 amide bonds. The van der Waals surface area contributed by atoms with Crippen molar-refractivity contribution >= 4 is 35.5 Å². The first kappa shape index (κ1) is 24.1. The Labute approximate surface area is 196 Å². The van der Waals surface area contributed by atoms with Crippen LogP contribution < -0.4 is 10.2 Å². The summed E-state index contributed by atoms with van der Waals surface area (Å²) in [7, 11) is 0. The number of aromatic nitrogens is 3. The second-order valence-corrected chi connectivity index (χ2v) is 7.98. The van der Waals surface area contributed by atoms with Crippen molar-refractivity contribution < 1.29 is 19.8 Å². The van der Waals surface area contributed by atoms with Crippen LogP contribution in [0.2, 0.25) is 0 Å². The number of hydrogen-bond acceptors (Lipinski definition) is 6. The van der Waals surface area contributed by atoms with E-state index >= 15 is 0 Å². The van der Waals surface area contributed by atoms with E-state index in [0.717, 1.165) is 11.4 Å². The lowest BCUT2D eigenvalue weighted by molar-refractivity contribution is -0.138. The fraction of sp³-hybridized carbons (Fsp3) is 0.304. The van der Waals surface area contributed by atoms with E-state index in [2.05, 4.69) is 15.5 Å². The van der Waals surface area contributed by atoms with Crippen LogP contribution in [0.15, 0.2) is 54.9 Å². The van der Waals surface area contributed by atoms with Gasteiger partial charge in [-0.25, -0.2) is 0 Å². The molecule has 1 atom stereocenters. The molecular formula is C23H27N5O4S. The van der Waals surface area contributed by atoms with Crippen molar-refractivity contribution in [3.63, 3.8) is 0 Å². The lowest BCUT2D eigenvalue weighted by Crippen LogP contribution is -2.28. The maximum Gasteiger partial charge on any atom is 0.310 e. The number of carbonyl (C=O) groups excluding carboxylic acids is 1. The molecule has 0 bridgehead atoms. The van der Waals surface area contributed by atoms with Gasteiger partial charge in [-0.3, -0.25) is 19.3 Å². The highest BCUT2D eigenvalue weighted by molar-refractivity contribution is 7.71. The topological polar surface area (TPSA) is 123 Å². The molecule has 0 fully saturated rings. The third kappa shape index (κ3) is 6.50. The first-order valence-electron chi connectivity index (χ1n) is 10.6. The average molecular weight is 470 g/mol. The number of aromatic amines is 1. The van der Waals surface area contributed by atoms with Gasteiger partial charge in [0.15, 0.2) is 4.77 Å². The van der Waals surface area contributed by atoms with E-state index in [0.29, 0.717) is 42.0 Å². The molecule has 3 aromatic rings. The Hall–Kier alpha value is -3.50. The molecule has 1 heterocycles. The summed E-state index contributed by atoms with van der Waals surface area (Å²) in [6.07, 6.45) is 2.48. The molecule has 1 aromatic heterocycles. The Morgan fingerprint density at radius 3 is 2.61 bits per heavy atom. The van der Waals surface area contributed by atoms with E-state index in [4.69, 9.17) is 17.3 Å².